The molecule has 0 aromatic rings. The van der Waals surface area contributed by atoms with E-state index < -0.39 is 6.16 Å². The van der Waals surface area contributed by atoms with Crippen molar-refractivity contribution in [3.05, 3.63) is 0 Å². The van der Waals surface area contributed by atoms with Gasteiger partial charge >= 0.3 is 6.16 Å². The van der Waals surface area contributed by atoms with Gasteiger partial charge in [0.1, 0.15) is 12.2 Å². The SMILES string of the molecule is CC(C)[C@@H]1CC[C@@H](C)C[C@H]1OC(=O)O[C@@H]1CCCC[C@@H]1C. The number of rotatable bonds is 3. The smallest absolute Gasteiger partial charge is 0.431 e. The van der Waals surface area contributed by atoms with Gasteiger partial charge in [-0.05, 0) is 55.8 Å². The maximum atomic E-state index is 12.2. The summed E-state index contributed by atoms with van der Waals surface area (Å²) in [5.41, 5.74) is 0. The van der Waals surface area contributed by atoms with Crippen LogP contribution < -0.4 is 0 Å². The first-order valence-electron chi connectivity index (χ1n) is 8.84. The van der Waals surface area contributed by atoms with Gasteiger partial charge in [0, 0.05) is 0 Å². The Bertz CT molecular complexity index is 339. The summed E-state index contributed by atoms with van der Waals surface area (Å²) in [6.07, 6.45) is 7.64. The van der Waals surface area contributed by atoms with E-state index in [1.807, 2.05) is 0 Å². The van der Waals surface area contributed by atoms with Gasteiger partial charge in [0.25, 0.3) is 0 Å². The molecular formula is C18H32O3. The van der Waals surface area contributed by atoms with Gasteiger partial charge in [-0.1, -0.05) is 40.5 Å². The lowest BCUT2D eigenvalue weighted by Crippen LogP contribution is -2.37. The Hall–Kier alpha value is -0.730. The second kappa shape index (κ2) is 7.51. The van der Waals surface area contributed by atoms with Crippen molar-refractivity contribution < 1.29 is 14.3 Å². The Morgan fingerprint density at radius 1 is 0.952 bits per heavy atom. The summed E-state index contributed by atoms with van der Waals surface area (Å²) >= 11 is 0. The van der Waals surface area contributed by atoms with Gasteiger partial charge in [-0.3, -0.25) is 0 Å². The van der Waals surface area contributed by atoms with Crippen LogP contribution in [0.25, 0.3) is 0 Å². The normalized spacial score (nSPS) is 37.3. The van der Waals surface area contributed by atoms with Crippen LogP contribution in [0.3, 0.4) is 0 Å². The van der Waals surface area contributed by atoms with E-state index in [2.05, 4.69) is 27.7 Å². The van der Waals surface area contributed by atoms with E-state index in [-0.39, 0.29) is 12.2 Å². The van der Waals surface area contributed by atoms with Crippen LogP contribution in [0, 0.1) is 23.7 Å². The van der Waals surface area contributed by atoms with E-state index in [0.717, 1.165) is 32.1 Å². The summed E-state index contributed by atoms with van der Waals surface area (Å²) in [4.78, 5) is 12.2. The highest BCUT2D eigenvalue weighted by Gasteiger charge is 2.35. The van der Waals surface area contributed by atoms with E-state index in [1.54, 1.807) is 0 Å². The fourth-order valence-electron chi connectivity index (χ4n) is 3.98. The third-order valence-corrected chi connectivity index (χ3v) is 5.49. The van der Waals surface area contributed by atoms with Crippen molar-refractivity contribution >= 4 is 6.16 Å². The van der Waals surface area contributed by atoms with Gasteiger partial charge < -0.3 is 9.47 Å². The maximum absolute atomic E-state index is 12.2. The summed E-state index contributed by atoms with van der Waals surface area (Å²) in [5.74, 6) is 2.16. The van der Waals surface area contributed by atoms with Crippen molar-refractivity contribution in [2.75, 3.05) is 0 Å². The van der Waals surface area contributed by atoms with Crippen molar-refractivity contribution in [3.63, 3.8) is 0 Å². The lowest BCUT2D eigenvalue weighted by Gasteiger charge is -2.37. The molecule has 0 bridgehead atoms. The van der Waals surface area contributed by atoms with E-state index in [1.165, 1.54) is 12.8 Å². The quantitative estimate of drug-likeness (QED) is 0.673. The second-order valence-electron chi connectivity index (χ2n) is 7.65. The molecule has 0 spiro atoms. The highest BCUT2D eigenvalue weighted by Crippen LogP contribution is 2.36. The number of ether oxygens (including phenoxy) is 2. The van der Waals surface area contributed by atoms with E-state index in [0.29, 0.717) is 23.7 Å². The fourth-order valence-corrected chi connectivity index (χ4v) is 3.98. The molecule has 21 heavy (non-hydrogen) atoms. The maximum Gasteiger partial charge on any atom is 0.508 e. The van der Waals surface area contributed by atoms with Crippen LogP contribution in [0.5, 0.6) is 0 Å². The van der Waals surface area contributed by atoms with E-state index in [4.69, 9.17) is 9.47 Å². The molecule has 3 nitrogen and oxygen atoms in total. The van der Waals surface area contributed by atoms with Gasteiger partial charge in [-0.15, -0.1) is 0 Å². The van der Waals surface area contributed by atoms with Gasteiger partial charge in [0.2, 0.25) is 0 Å². The van der Waals surface area contributed by atoms with Gasteiger partial charge in [0.05, 0.1) is 0 Å². The lowest BCUT2D eigenvalue weighted by molar-refractivity contribution is -0.0587. The number of carbonyl (C=O) groups excluding carboxylic acids is 1. The first kappa shape index (κ1) is 16.6. The number of hydrogen-bond acceptors (Lipinski definition) is 3. The predicted molar refractivity (Wildman–Crippen MR) is 84.1 cm³/mol. The summed E-state index contributed by atoms with van der Waals surface area (Å²) in [5, 5.41) is 0. The van der Waals surface area contributed by atoms with E-state index in [9.17, 15) is 4.79 Å². The monoisotopic (exact) mass is 296 g/mol. The first-order valence-corrected chi connectivity index (χ1v) is 8.84. The average Bonchev–Trinajstić information content (AvgIpc) is 2.41. The van der Waals surface area contributed by atoms with Crippen LogP contribution in [-0.4, -0.2) is 18.4 Å². The van der Waals surface area contributed by atoms with Crippen molar-refractivity contribution in [3.8, 4) is 0 Å². The second-order valence-corrected chi connectivity index (χ2v) is 7.65. The highest BCUT2D eigenvalue weighted by atomic mass is 16.7. The van der Waals surface area contributed by atoms with Crippen LogP contribution >= 0.6 is 0 Å². The molecule has 2 aliphatic carbocycles. The Kier molecular flexibility index (Phi) is 5.95. The molecule has 0 N–H and O–H groups in total. The van der Waals surface area contributed by atoms with Crippen molar-refractivity contribution in [1.82, 2.24) is 0 Å². The Morgan fingerprint density at radius 2 is 1.62 bits per heavy atom. The molecule has 0 saturated heterocycles. The zero-order chi connectivity index (χ0) is 15.4. The molecule has 0 aromatic carbocycles. The van der Waals surface area contributed by atoms with Crippen LogP contribution in [0.15, 0.2) is 0 Å². The van der Waals surface area contributed by atoms with Gasteiger partial charge in [-0.2, -0.15) is 0 Å². The first-order chi connectivity index (χ1) is 9.97. The molecule has 122 valence electrons. The molecule has 2 rings (SSSR count). The minimum absolute atomic E-state index is 0.0418. The minimum Gasteiger partial charge on any atom is -0.431 e. The Labute approximate surface area is 129 Å². The van der Waals surface area contributed by atoms with Crippen molar-refractivity contribution in [1.29, 1.82) is 0 Å². The molecule has 0 radical (unpaired) electrons. The summed E-state index contributed by atoms with van der Waals surface area (Å²) < 4.78 is 11.3. The van der Waals surface area contributed by atoms with Crippen LogP contribution in [0.4, 0.5) is 4.79 Å². The standard InChI is InChI=1S/C18H32O3/c1-12(2)15-10-9-13(3)11-17(15)21-18(19)20-16-8-6-5-7-14(16)4/h12-17H,5-11H2,1-4H3/t13-,14+,15+,16-,17-/m1/s1. The zero-order valence-corrected chi connectivity index (χ0v) is 14.1. The lowest BCUT2D eigenvalue weighted by atomic mass is 9.75. The Balaban J connectivity index is 1.87. The summed E-state index contributed by atoms with van der Waals surface area (Å²) in [6, 6.07) is 0. The molecule has 0 heterocycles. The predicted octanol–water partition coefficient (Wildman–Crippen LogP) is 5.18. The molecule has 2 fully saturated rings. The average molecular weight is 296 g/mol. The molecule has 0 unspecified atom stereocenters. The van der Waals surface area contributed by atoms with Crippen LogP contribution in [0.2, 0.25) is 0 Å². The fraction of sp³-hybridized carbons (Fsp3) is 0.944. The molecule has 0 aliphatic heterocycles. The third kappa shape index (κ3) is 4.62. The third-order valence-electron chi connectivity index (χ3n) is 5.49. The summed E-state index contributed by atoms with van der Waals surface area (Å²) in [7, 11) is 0. The largest absolute Gasteiger partial charge is 0.508 e. The molecule has 2 saturated carbocycles. The van der Waals surface area contributed by atoms with E-state index >= 15 is 0 Å². The highest BCUT2D eigenvalue weighted by molar-refractivity contribution is 5.60. The molecule has 0 amide bonds. The van der Waals surface area contributed by atoms with Crippen molar-refractivity contribution in [2.45, 2.75) is 84.8 Å². The molecular weight excluding hydrogens is 264 g/mol. The van der Waals surface area contributed by atoms with Crippen LogP contribution in [-0.2, 0) is 9.47 Å². The number of hydrogen-bond donors (Lipinski definition) is 0. The summed E-state index contributed by atoms with van der Waals surface area (Å²) in [6.45, 7) is 8.88. The molecule has 2 aliphatic rings. The van der Waals surface area contributed by atoms with Gasteiger partial charge in [0.15, 0.2) is 0 Å². The zero-order valence-electron chi connectivity index (χ0n) is 14.1. The van der Waals surface area contributed by atoms with Crippen molar-refractivity contribution in [2.24, 2.45) is 23.7 Å². The number of carbonyl (C=O) groups is 1. The molecule has 3 heteroatoms. The minimum atomic E-state index is -0.432. The molecule has 0 aromatic heterocycles. The Morgan fingerprint density at radius 3 is 2.29 bits per heavy atom. The topological polar surface area (TPSA) is 35.5 Å². The van der Waals surface area contributed by atoms with Gasteiger partial charge in [-0.25, -0.2) is 4.79 Å². The molecule has 5 atom stereocenters. The van der Waals surface area contributed by atoms with Crippen LogP contribution in [0.1, 0.15) is 72.6 Å².